The Morgan fingerprint density at radius 2 is 2.09 bits per heavy atom. The zero-order valence-electron chi connectivity index (χ0n) is 6.97. The maximum Gasteiger partial charge on any atom is 0.183 e. The first kappa shape index (κ1) is 9.01. The second-order valence-corrected chi connectivity index (χ2v) is 4.69. The number of aromatic nitrogens is 1. The van der Waals surface area contributed by atoms with Crippen LogP contribution in [0.25, 0.3) is 0 Å². The third kappa shape index (κ3) is 2.17. The number of rotatable bonds is 2. The number of halogens is 1. The van der Waals surface area contributed by atoms with Gasteiger partial charge >= 0.3 is 0 Å². The van der Waals surface area contributed by atoms with Gasteiger partial charge in [-0.15, -0.1) is 11.3 Å². The molecule has 0 radical (unpaired) electrons. The first-order valence-corrected chi connectivity index (χ1v) is 4.92. The Morgan fingerprint density at radius 1 is 1.45 bits per heavy atom. The minimum atomic E-state index is 0.569. The van der Waals surface area contributed by atoms with Gasteiger partial charge in [0.2, 0.25) is 0 Å². The molecule has 1 unspecified atom stereocenters. The molecule has 0 saturated heterocycles. The van der Waals surface area contributed by atoms with Gasteiger partial charge in [0.25, 0.3) is 0 Å². The van der Waals surface area contributed by atoms with Crippen LogP contribution in [0.1, 0.15) is 31.6 Å². The molecular weight excluding hydrogens is 178 g/mol. The molecule has 1 aromatic rings. The van der Waals surface area contributed by atoms with Crippen molar-refractivity contribution in [1.29, 1.82) is 0 Å². The van der Waals surface area contributed by atoms with E-state index in [1.54, 1.807) is 11.3 Å². The molecule has 1 aromatic heterocycles. The lowest BCUT2D eigenvalue weighted by Crippen LogP contribution is -1.98. The van der Waals surface area contributed by atoms with Crippen molar-refractivity contribution in [3.05, 3.63) is 15.5 Å². The average molecular weight is 190 g/mol. The SMILES string of the molecule is CC(C)C(C)c1cnc(Cl)s1. The Bertz CT molecular complexity index is 232. The summed E-state index contributed by atoms with van der Waals surface area (Å²) in [6, 6.07) is 0. The maximum atomic E-state index is 5.72. The first-order valence-electron chi connectivity index (χ1n) is 3.72. The number of nitrogens with zero attached hydrogens (tertiary/aromatic N) is 1. The molecule has 0 aliphatic rings. The first-order chi connectivity index (χ1) is 5.11. The lowest BCUT2D eigenvalue weighted by atomic mass is 9.97. The number of hydrogen-bond acceptors (Lipinski definition) is 2. The summed E-state index contributed by atoms with van der Waals surface area (Å²) in [5, 5.41) is 0. The van der Waals surface area contributed by atoms with Crippen molar-refractivity contribution in [3.63, 3.8) is 0 Å². The van der Waals surface area contributed by atoms with E-state index < -0.39 is 0 Å². The Morgan fingerprint density at radius 3 is 2.45 bits per heavy atom. The van der Waals surface area contributed by atoms with E-state index in [2.05, 4.69) is 25.8 Å². The van der Waals surface area contributed by atoms with Crippen molar-refractivity contribution in [2.24, 2.45) is 5.92 Å². The molecule has 0 aliphatic carbocycles. The van der Waals surface area contributed by atoms with Crippen LogP contribution in [0, 0.1) is 5.92 Å². The second kappa shape index (κ2) is 3.55. The molecule has 11 heavy (non-hydrogen) atoms. The van der Waals surface area contributed by atoms with Gasteiger partial charge in [0.15, 0.2) is 4.47 Å². The zero-order valence-corrected chi connectivity index (χ0v) is 8.54. The molecule has 0 aliphatic heterocycles. The van der Waals surface area contributed by atoms with Crippen LogP contribution in [0.4, 0.5) is 0 Å². The van der Waals surface area contributed by atoms with Gasteiger partial charge in [-0.2, -0.15) is 0 Å². The van der Waals surface area contributed by atoms with Crippen LogP contribution < -0.4 is 0 Å². The van der Waals surface area contributed by atoms with Crippen molar-refractivity contribution >= 4 is 22.9 Å². The summed E-state index contributed by atoms with van der Waals surface area (Å²) < 4.78 is 0.646. The summed E-state index contributed by atoms with van der Waals surface area (Å²) >= 11 is 7.30. The van der Waals surface area contributed by atoms with E-state index in [9.17, 15) is 0 Å². The maximum absolute atomic E-state index is 5.72. The van der Waals surface area contributed by atoms with Gasteiger partial charge in [-0.05, 0) is 11.8 Å². The molecule has 62 valence electrons. The Kier molecular flexibility index (Phi) is 2.90. The fourth-order valence-electron chi connectivity index (χ4n) is 0.803. The summed E-state index contributed by atoms with van der Waals surface area (Å²) in [5.74, 6) is 1.23. The van der Waals surface area contributed by atoms with Crippen molar-refractivity contribution in [2.45, 2.75) is 26.7 Å². The van der Waals surface area contributed by atoms with Gasteiger partial charge in [0.05, 0.1) is 0 Å². The molecule has 0 fully saturated rings. The van der Waals surface area contributed by atoms with Crippen LogP contribution >= 0.6 is 22.9 Å². The fraction of sp³-hybridized carbons (Fsp3) is 0.625. The summed E-state index contributed by atoms with van der Waals surface area (Å²) in [6.45, 7) is 6.62. The Balaban J connectivity index is 2.76. The van der Waals surface area contributed by atoms with Gasteiger partial charge in [-0.1, -0.05) is 32.4 Å². The van der Waals surface area contributed by atoms with E-state index in [0.29, 0.717) is 16.3 Å². The molecule has 1 heterocycles. The van der Waals surface area contributed by atoms with Crippen LogP contribution in [-0.2, 0) is 0 Å². The molecule has 0 saturated carbocycles. The van der Waals surface area contributed by atoms with E-state index in [1.165, 1.54) is 4.88 Å². The van der Waals surface area contributed by atoms with Crippen LogP contribution in [-0.4, -0.2) is 4.98 Å². The number of hydrogen-bond donors (Lipinski definition) is 0. The van der Waals surface area contributed by atoms with Crippen LogP contribution in [0.3, 0.4) is 0 Å². The monoisotopic (exact) mass is 189 g/mol. The predicted octanol–water partition coefficient (Wildman–Crippen LogP) is 3.56. The van der Waals surface area contributed by atoms with Gasteiger partial charge < -0.3 is 0 Å². The number of thiazole rings is 1. The lowest BCUT2D eigenvalue weighted by molar-refractivity contribution is 0.541. The largest absolute Gasteiger partial charge is 0.233 e. The third-order valence-corrected chi connectivity index (χ3v) is 3.26. The van der Waals surface area contributed by atoms with E-state index >= 15 is 0 Å². The molecule has 0 bridgehead atoms. The fourth-order valence-corrected chi connectivity index (χ4v) is 1.98. The molecule has 1 nitrogen and oxygen atoms in total. The molecule has 3 heteroatoms. The quantitative estimate of drug-likeness (QED) is 0.694. The van der Waals surface area contributed by atoms with E-state index in [-0.39, 0.29) is 0 Å². The van der Waals surface area contributed by atoms with Crippen LogP contribution in [0.15, 0.2) is 6.20 Å². The summed E-state index contributed by atoms with van der Waals surface area (Å²) in [6.07, 6.45) is 1.87. The molecule has 1 rings (SSSR count). The summed E-state index contributed by atoms with van der Waals surface area (Å²) in [4.78, 5) is 5.29. The average Bonchev–Trinajstić information content (AvgIpc) is 2.34. The van der Waals surface area contributed by atoms with Gasteiger partial charge in [0, 0.05) is 11.1 Å². The topological polar surface area (TPSA) is 12.9 Å². The molecule has 0 N–H and O–H groups in total. The van der Waals surface area contributed by atoms with E-state index in [0.717, 1.165) is 0 Å². The molecule has 0 spiro atoms. The van der Waals surface area contributed by atoms with Gasteiger partial charge in [-0.25, -0.2) is 4.98 Å². The standard InChI is InChI=1S/C8H12ClNS/c1-5(2)6(3)7-4-10-8(9)11-7/h4-6H,1-3H3. The minimum absolute atomic E-state index is 0.569. The predicted molar refractivity (Wildman–Crippen MR) is 50.4 cm³/mol. The van der Waals surface area contributed by atoms with Crippen LogP contribution in [0.5, 0.6) is 0 Å². The zero-order chi connectivity index (χ0) is 8.43. The third-order valence-electron chi connectivity index (χ3n) is 1.94. The minimum Gasteiger partial charge on any atom is -0.233 e. The molecule has 1 atom stereocenters. The second-order valence-electron chi connectivity index (χ2n) is 3.05. The van der Waals surface area contributed by atoms with Crippen molar-refractivity contribution < 1.29 is 0 Å². The van der Waals surface area contributed by atoms with E-state index in [4.69, 9.17) is 11.6 Å². The van der Waals surface area contributed by atoms with Crippen molar-refractivity contribution in [1.82, 2.24) is 4.98 Å². The van der Waals surface area contributed by atoms with Crippen LogP contribution in [0.2, 0.25) is 4.47 Å². The normalized spacial score (nSPS) is 13.9. The van der Waals surface area contributed by atoms with Gasteiger partial charge in [-0.3, -0.25) is 0 Å². The molecule has 0 aromatic carbocycles. The highest BCUT2D eigenvalue weighted by Gasteiger charge is 2.12. The highest BCUT2D eigenvalue weighted by Crippen LogP contribution is 2.29. The molecule has 0 amide bonds. The van der Waals surface area contributed by atoms with Crippen molar-refractivity contribution in [2.75, 3.05) is 0 Å². The Labute approximate surface area is 76.4 Å². The Hall–Kier alpha value is -0.0800. The van der Waals surface area contributed by atoms with E-state index in [1.807, 2.05) is 6.20 Å². The smallest absolute Gasteiger partial charge is 0.183 e. The van der Waals surface area contributed by atoms with Gasteiger partial charge in [0.1, 0.15) is 0 Å². The summed E-state index contributed by atoms with van der Waals surface area (Å²) in [5.41, 5.74) is 0. The molecular formula is C8H12ClNS. The highest BCUT2D eigenvalue weighted by atomic mass is 35.5. The summed E-state index contributed by atoms with van der Waals surface area (Å²) in [7, 11) is 0. The lowest BCUT2D eigenvalue weighted by Gasteiger charge is -2.11. The highest BCUT2D eigenvalue weighted by molar-refractivity contribution is 7.15. The van der Waals surface area contributed by atoms with Crippen molar-refractivity contribution in [3.8, 4) is 0 Å².